The highest BCUT2D eigenvalue weighted by Crippen LogP contribution is 2.24. The van der Waals surface area contributed by atoms with Crippen molar-refractivity contribution >= 4 is 15.9 Å². The zero-order valence-electron chi connectivity index (χ0n) is 11.2. The maximum Gasteiger partial charge on any atom is 0.243 e. The summed E-state index contributed by atoms with van der Waals surface area (Å²) in [6.45, 7) is 3.23. The Bertz CT molecular complexity index is 576. The lowest BCUT2D eigenvalue weighted by molar-refractivity contribution is 0.476. The van der Waals surface area contributed by atoms with E-state index in [1.165, 1.54) is 19.2 Å². The molecule has 0 saturated heterocycles. The molecule has 0 fully saturated rings. The molecule has 3 N–H and O–H groups in total. The van der Waals surface area contributed by atoms with Crippen molar-refractivity contribution < 1.29 is 12.8 Å². The Hall–Kier alpha value is -1.47. The van der Waals surface area contributed by atoms with E-state index >= 15 is 0 Å². The first-order chi connectivity index (χ1) is 8.66. The van der Waals surface area contributed by atoms with Crippen molar-refractivity contribution in [3.8, 4) is 0 Å². The Morgan fingerprint density at radius 1 is 1.37 bits per heavy atom. The number of benzene rings is 1. The topological polar surface area (TPSA) is 87.2 Å². The van der Waals surface area contributed by atoms with Crippen LogP contribution in [0.4, 0.5) is 4.39 Å². The SMILES string of the molecule is Cc1cc(F)cc(C)c1S(=O)(=O)N(C)CCC(=N)N. The van der Waals surface area contributed by atoms with Gasteiger partial charge in [0.25, 0.3) is 0 Å². The highest BCUT2D eigenvalue weighted by Gasteiger charge is 2.25. The van der Waals surface area contributed by atoms with Crippen LogP contribution in [0.15, 0.2) is 17.0 Å². The molecule has 0 aliphatic heterocycles. The van der Waals surface area contributed by atoms with Crippen molar-refractivity contribution in [3.63, 3.8) is 0 Å². The molecule has 0 aliphatic carbocycles. The van der Waals surface area contributed by atoms with Crippen molar-refractivity contribution in [2.75, 3.05) is 13.6 Å². The summed E-state index contributed by atoms with van der Waals surface area (Å²) < 4.78 is 39.1. The number of nitrogens with one attached hydrogen (secondary N) is 1. The van der Waals surface area contributed by atoms with Crippen molar-refractivity contribution in [3.05, 3.63) is 29.1 Å². The van der Waals surface area contributed by atoms with Gasteiger partial charge in [0.05, 0.1) is 10.7 Å². The van der Waals surface area contributed by atoms with Crippen molar-refractivity contribution in [2.45, 2.75) is 25.2 Å². The Balaban J connectivity index is 3.17. The second-order valence-electron chi connectivity index (χ2n) is 4.47. The molecule has 0 aromatic heterocycles. The summed E-state index contributed by atoms with van der Waals surface area (Å²) in [5.41, 5.74) is 5.95. The molecule has 0 saturated carbocycles. The second-order valence-corrected chi connectivity index (χ2v) is 6.45. The molecular formula is C12H18FN3O2S. The number of aryl methyl sites for hydroxylation is 2. The van der Waals surface area contributed by atoms with Gasteiger partial charge >= 0.3 is 0 Å². The van der Waals surface area contributed by atoms with Crippen LogP contribution < -0.4 is 5.73 Å². The number of nitrogens with zero attached hydrogens (tertiary/aromatic N) is 1. The predicted octanol–water partition coefficient (Wildman–Crippen LogP) is 1.39. The minimum absolute atomic E-state index is 0.0744. The van der Waals surface area contributed by atoms with Gasteiger partial charge in [0.2, 0.25) is 10.0 Å². The average Bonchev–Trinajstić information content (AvgIpc) is 2.23. The number of nitrogens with two attached hydrogens (primary N) is 1. The van der Waals surface area contributed by atoms with Crippen LogP contribution in [0.3, 0.4) is 0 Å². The van der Waals surface area contributed by atoms with E-state index < -0.39 is 15.8 Å². The van der Waals surface area contributed by atoms with Crippen LogP contribution >= 0.6 is 0 Å². The lowest BCUT2D eigenvalue weighted by atomic mass is 10.1. The summed E-state index contributed by atoms with van der Waals surface area (Å²) in [6, 6.07) is 2.39. The summed E-state index contributed by atoms with van der Waals surface area (Å²) in [4.78, 5) is 0.111. The van der Waals surface area contributed by atoms with Crippen LogP contribution in [-0.4, -0.2) is 32.2 Å². The molecule has 1 rings (SSSR count). The van der Waals surface area contributed by atoms with E-state index in [-0.39, 0.29) is 23.7 Å². The molecule has 5 nitrogen and oxygen atoms in total. The highest BCUT2D eigenvalue weighted by atomic mass is 32.2. The summed E-state index contributed by atoms with van der Waals surface area (Å²) in [5.74, 6) is -0.532. The number of hydrogen-bond acceptors (Lipinski definition) is 3. The second kappa shape index (κ2) is 5.66. The molecule has 0 spiro atoms. The summed E-state index contributed by atoms with van der Waals surface area (Å²) in [7, 11) is -2.28. The fraction of sp³-hybridized carbons (Fsp3) is 0.417. The quantitative estimate of drug-likeness (QED) is 0.633. The van der Waals surface area contributed by atoms with Gasteiger partial charge in [-0.3, -0.25) is 5.41 Å². The predicted molar refractivity (Wildman–Crippen MR) is 72.2 cm³/mol. The fourth-order valence-electron chi connectivity index (χ4n) is 1.86. The minimum Gasteiger partial charge on any atom is -0.388 e. The molecule has 19 heavy (non-hydrogen) atoms. The van der Waals surface area contributed by atoms with Gasteiger partial charge in [-0.15, -0.1) is 0 Å². The first-order valence-corrected chi connectivity index (χ1v) is 7.16. The van der Waals surface area contributed by atoms with Crippen LogP contribution in [0.1, 0.15) is 17.5 Å². The van der Waals surface area contributed by atoms with E-state index in [0.29, 0.717) is 11.1 Å². The monoisotopic (exact) mass is 287 g/mol. The van der Waals surface area contributed by atoms with Crippen LogP contribution in [0.25, 0.3) is 0 Å². The van der Waals surface area contributed by atoms with E-state index in [9.17, 15) is 12.8 Å². The molecule has 0 aliphatic rings. The Morgan fingerprint density at radius 3 is 2.26 bits per heavy atom. The summed E-state index contributed by atoms with van der Waals surface area (Å²) in [6.07, 6.45) is 0.162. The number of halogens is 1. The van der Waals surface area contributed by atoms with Gasteiger partial charge in [-0.1, -0.05) is 0 Å². The lowest BCUT2D eigenvalue weighted by Crippen LogP contribution is -2.31. The first kappa shape index (κ1) is 15.6. The minimum atomic E-state index is -3.70. The molecule has 0 unspecified atom stereocenters. The molecule has 0 heterocycles. The highest BCUT2D eigenvalue weighted by molar-refractivity contribution is 7.89. The van der Waals surface area contributed by atoms with E-state index in [1.54, 1.807) is 13.8 Å². The van der Waals surface area contributed by atoms with Crippen LogP contribution in [0, 0.1) is 25.1 Å². The third-order valence-electron chi connectivity index (χ3n) is 2.79. The molecule has 1 aromatic carbocycles. The molecule has 7 heteroatoms. The van der Waals surface area contributed by atoms with Crippen LogP contribution in [0.2, 0.25) is 0 Å². The Labute approximate surface area is 112 Å². The van der Waals surface area contributed by atoms with E-state index in [4.69, 9.17) is 11.1 Å². The van der Waals surface area contributed by atoms with Gasteiger partial charge in [0.1, 0.15) is 5.82 Å². The molecule has 0 radical (unpaired) electrons. The summed E-state index contributed by atoms with van der Waals surface area (Å²) >= 11 is 0. The van der Waals surface area contributed by atoms with Gasteiger partial charge in [-0.25, -0.2) is 17.1 Å². The molecule has 0 atom stereocenters. The third-order valence-corrected chi connectivity index (χ3v) is 4.95. The zero-order valence-corrected chi connectivity index (χ0v) is 12.0. The Morgan fingerprint density at radius 2 is 1.84 bits per heavy atom. The lowest BCUT2D eigenvalue weighted by Gasteiger charge is -2.19. The molecule has 1 aromatic rings. The molecule has 0 amide bonds. The van der Waals surface area contributed by atoms with Crippen LogP contribution in [0.5, 0.6) is 0 Å². The number of amidine groups is 1. The third kappa shape index (κ3) is 3.51. The van der Waals surface area contributed by atoms with Crippen molar-refractivity contribution in [1.82, 2.24) is 4.31 Å². The largest absolute Gasteiger partial charge is 0.388 e. The Kier molecular flexibility index (Phi) is 4.65. The van der Waals surface area contributed by atoms with Gasteiger partial charge in [-0.05, 0) is 37.1 Å². The van der Waals surface area contributed by atoms with Gasteiger partial charge in [0.15, 0.2) is 0 Å². The summed E-state index contributed by atoms with van der Waals surface area (Å²) in [5, 5.41) is 7.12. The zero-order chi connectivity index (χ0) is 14.8. The van der Waals surface area contributed by atoms with E-state index in [1.807, 2.05) is 0 Å². The van der Waals surface area contributed by atoms with Gasteiger partial charge in [0, 0.05) is 20.0 Å². The number of hydrogen-bond donors (Lipinski definition) is 2. The van der Waals surface area contributed by atoms with Crippen molar-refractivity contribution in [1.29, 1.82) is 5.41 Å². The number of rotatable bonds is 5. The van der Waals surface area contributed by atoms with Crippen molar-refractivity contribution in [2.24, 2.45) is 5.73 Å². The molecule has 106 valence electrons. The first-order valence-electron chi connectivity index (χ1n) is 5.72. The van der Waals surface area contributed by atoms with E-state index in [2.05, 4.69) is 0 Å². The molecular weight excluding hydrogens is 269 g/mol. The normalized spacial score (nSPS) is 11.8. The molecule has 0 bridgehead atoms. The van der Waals surface area contributed by atoms with E-state index in [0.717, 1.165) is 4.31 Å². The number of sulfonamides is 1. The maximum atomic E-state index is 13.2. The smallest absolute Gasteiger partial charge is 0.243 e. The van der Waals surface area contributed by atoms with Gasteiger partial charge in [-0.2, -0.15) is 0 Å². The van der Waals surface area contributed by atoms with Gasteiger partial charge < -0.3 is 5.73 Å². The average molecular weight is 287 g/mol. The maximum absolute atomic E-state index is 13.2. The van der Waals surface area contributed by atoms with Crippen LogP contribution in [-0.2, 0) is 10.0 Å². The fourth-order valence-corrected chi connectivity index (χ4v) is 3.43. The standard InChI is InChI=1S/C12H18FN3O2S/c1-8-6-10(13)7-9(2)12(8)19(17,18)16(3)5-4-11(14)15/h6-7H,4-5H2,1-3H3,(H3,14,15).